The van der Waals surface area contributed by atoms with Gasteiger partial charge in [-0.3, -0.25) is 0 Å². The molecule has 3 nitrogen and oxygen atoms in total. The highest BCUT2D eigenvalue weighted by Gasteiger charge is 2.28. The number of carbonyl (C=O) groups is 1. The van der Waals surface area contributed by atoms with Crippen LogP contribution in [0.15, 0.2) is 51.8 Å². The first-order valence-corrected chi connectivity index (χ1v) is 7.66. The van der Waals surface area contributed by atoms with Crippen molar-refractivity contribution in [2.75, 3.05) is 7.11 Å². The van der Waals surface area contributed by atoms with Gasteiger partial charge in [0.2, 0.25) is 0 Å². The van der Waals surface area contributed by atoms with E-state index in [9.17, 15) is 4.79 Å². The van der Waals surface area contributed by atoms with E-state index in [0.717, 1.165) is 20.7 Å². The zero-order chi connectivity index (χ0) is 14.1. The van der Waals surface area contributed by atoms with Crippen molar-refractivity contribution in [2.24, 2.45) is 0 Å². The zero-order valence-electron chi connectivity index (χ0n) is 10.6. The van der Waals surface area contributed by atoms with Crippen molar-refractivity contribution in [3.63, 3.8) is 0 Å². The Balaban J connectivity index is 1.94. The molecular formula is C15H11BrO3S. The SMILES string of the molecule is COc1ccc(C2OC(=O)c3ccccc3S2)cc1Br. The highest BCUT2D eigenvalue weighted by Crippen LogP contribution is 2.43. The third-order valence-electron chi connectivity index (χ3n) is 3.00. The van der Waals surface area contributed by atoms with Crippen molar-refractivity contribution in [1.29, 1.82) is 0 Å². The van der Waals surface area contributed by atoms with Gasteiger partial charge in [-0.05, 0) is 40.2 Å². The second-order valence-electron chi connectivity index (χ2n) is 4.25. The predicted octanol–water partition coefficient (Wildman–Crippen LogP) is 4.42. The van der Waals surface area contributed by atoms with E-state index < -0.39 is 0 Å². The first-order chi connectivity index (χ1) is 9.69. The number of thioether (sulfide) groups is 1. The van der Waals surface area contributed by atoms with Crippen molar-refractivity contribution < 1.29 is 14.3 Å². The molecule has 0 fully saturated rings. The summed E-state index contributed by atoms with van der Waals surface area (Å²) in [7, 11) is 1.62. The largest absolute Gasteiger partial charge is 0.496 e. The Morgan fingerprint density at radius 2 is 2.05 bits per heavy atom. The molecule has 3 rings (SSSR count). The number of halogens is 1. The molecule has 0 saturated heterocycles. The third kappa shape index (κ3) is 2.43. The van der Waals surface area contributed by atoms with Crippen LogP contribution in [0.25, 0.3) is 0 Å². The van der Waals surface area contributed by atoms with Gasteiger partial charge in [-0.1, -0.05) is 30.0 Å². The predicted molar refractivity (Wildman–Crippen MR) is 81.1 cm³/mol. The molecule has 0 saturated carbocycles. The Bertz CT molecular complexity index is 672. The van der Waals surface area contributed by atoms with Crippen LogP contribution >= 0.6 is 27.7 Å². The molecule has 0 N–H and O–H groups in total. The highest BCUT2D eigenvalue weighted by atomic mass is 79.9. The molecule has 1 atom stereocenters. The lowest BCUT2D eigenvalue weighted by Crippen LogP contribution is -2.15. The van der Waals surface area contributed by atoms with E-state index in [2.05, 4.69) is 15.9 Å². The maximum Gasteiger partial charge on any atom is 0.340 e. The summed E-state index contributed by atoms with van der Waals surface area (Å²) < 4.78 is 11.5. The summed E-state index contributed by atoms with van der Waals surface area (Å²) in [6.07, 6.45) is 0. The molecule has 0 aromatic heterocycles. The summed E-state index contributed by atoms with van der Waals surface area (Å²) in [6, 6.07) is 13.2. The molecule has 2 aromatic carbocycles. The van der Waals surface area contributed by atoms with Gasteiger partial charge in [-0.2, -0.15) is 0 Å². The summed E-state index contributed by atoms with van der Waals surface area (Å²) in [6.45, 7) is 0. The zero-order valence-corrected chi connectivity index (χ0v) is 13.0. The number of fused-ring (bicyclic) bond motifs is 1. The number of methoxy groups -OCH3 is 1. The molecule has 0 amide bonds. The molecule has 0 aliphatic carbocycles. The monoisotopic (exact) mass is 350 g/mol. The van der Waals surface area contributed by atoms with E-state index in [-0.39, 0.29) is 11.4 Å². The molecule has 1 heterocycles. The van der Waals surface area contributed by atoms with Crippen LogP contribution in [0.1, 0.15) is 21.4 Å². The van der Waals surface area contributed by atoms with Gasteiger partial charge in [-0.15, -0.1) is 0 Å². The number of cyclic esters (lactones) is 1. The maximum absolute atomic E-state index is 12.0. The summed E-state index contributed by atoms with van der Waals surface area (Å²) in [4.78, 5) is 13.0. The Morgan fingerprint density at radius 3 is 2.80 bits per heavy atom. The first kappa shape index (κ1) is 13.5. The highest BCUT2D eigenvalue weighted by molar-refractivity contribution is 9.10. The van der Waals surface area contributed by atoms with Crippen molar-refractivity contribution in [3.05, 3.63) is 58.1 Å². The van der Waals surface area contributed by atoms with Crippen LogP contribution in [0.2, 0.25) is 0 Å². The lowest BCUT2D eigenvalue weighted by molar-refractivity contribution is 0.0439. The van der Waals surface area contributed by atoms with Crippen molar-refractivity contribution in [1.82, 2.24) is 0 Å². The van der Waals surface area contributed by atoms with Gasteiger partial charge in [0.05, 0.1) is 17.1 Å². The van der Waals surface area contributed by atoms with E-state index in [4.69, 9.17) is 9.47 Å². The van der Waals surface area contributed by atoms with Gasteiger partial charge >= 0.3 is 5.97 Å². The molecule has 1 aliphatic rings. The number of hydrogen-bond acceptors (Lipinski definition) is 4. The number of ether oxygens (including phenoxy) is 2. The quantitative estimate of drug-likeness (QED) is 0.751. The van der Waals surface area contributed by atoms with Crippen LogP contribution in [-0.2, 0) is 4.74 Å². The van der Waals surface area contributed by atoms with E-state index in [1.165, 1.54) is 11.8 Å². The van der Waals surface area contributed by atoms with Crippen molar-refractivity contribution in [2.45, 2.75) is 10.3 Å². The fourth-order valence-corrected chi connectivity index (χ4v) is 3.65. The number of carbonyl (C=O) groups excluding carboxylic acids is 1. The average molecular weight is 351 g/mol. The fraction of sp³-hybridized carbons (Fsp3) is 0.133. The van der Waals surface area contributed by atoms with Gasteiger partial charge in [0.1, 0.15) is 5.75 Å². The first-order valence-electron chi connectivity index (χ1n) is 5.99. The van der Waals surface area contributed by atoms with Gasteiger partial charge in [0.25, 0.3) is 0 Å². The van der Waals surface area contributed by atoms with Crippen LogP contribution in [0.5, 0.6) is 5.75 Å². The number of benzene rings is 2. The van der Waals surface area contributed by atoms with E-state index in [1.807, 2.05) is 36.4 Å². The van der Waals surface area contributed by atoms with Gasteiger partial charge < -0.3 is 9.47 Å². The number of esters is 1. The maximum atomic E-state index is 12.0. The van der Waals surface area contributed by atoms with Crippen molar-refractivity contribution >= 4 is 33.7 Å². The molecule has 2 aromatic rings. The smallest absolute Gasteiger partial charge is 0.340 e. The minimum Gasteiger partial charge on any atom is -0.496 e. The molecule has 5 heteroatoms. The van der Waals surface area contributed by atoms with Crippen LogP contribution in [0, 0.1) is 0 Å². The van der Waals surface area contributed by atoms with E-state index >= 15 is 0 Å². The van der Waals surface area contributed by atoms with Crippen LogP contribution < -0.4 is 4.74 Å². The molecule has 1 aliphatic heterocycles. The standard InChI is InChI=1S/C15H11BrO3S/c1-18-12-7-6-9(8-11(12)16)15-19-14(17)10-4-2-3-5-13(10)20-15/h2-8,15H,1H3. The minimum absolute atomic E-state index is 0.281. The Labute approximate surface area is 129 Å². The third-order valence-corrected chi connectivity index (χ3v) is 4.82. The van der Waals surface area contributed by atoms with Gasteiger partial charge in [0.15, 0.2) is 5.44 Å². The topological polar surface area (TPSA) is 35.5 Å². The van der Waals surface area contributed by atoms with E-state index in [0.29, 0.717) is 5.56 Å². The number of rotatable bonds is 2. The molecule has 1 unspecified atom stereocenters. The molecule has 102 valence electrons. The Kier molecular flexibility index (Phi) is 3.72. The molecule has 0 radical (unpaired) electrons. The normalized spacial score (nSPS) is 17.3. The van der Waals surface area contributed by atoms with Crippen molar-refractivity contribution in [3.8, 4) is 5.75 Å². The average Bonchev–Trinajstić information content (AvgIpc) is 2.47. The lowest BCUT2D eigenvalue weighted by Gasteiger charge is -2.24. The van der Waals surface area contributed by atoms with Gasteiger partial charge in [-0.25, -0.2) is 4.79 Å². The van der Waals surface area contributed by atoms with Crippen LogP contribution in [-0.4, -0.2) is 13.1 Å². The lowest BCUT2D eigenvalue weighted by atomic mass is 10.2. The Morgan fingerprint density at radius 1 is 1.25 bits per heavy atom. The molecule has 0 spiro atoms. The summed E-state index contributed by atoms with van der Waals surface area (Å²) in [5.74, 6) is 0.470. The van der Waals surface area contributed by atoms with E-state index in [1.54, 1.807) is 13.2 Å². The van der Waals surface area contributed by atoms with Gasteiger partial charge in [0, 0.05) is 10.5 Å². The fourth-order valence-electron chi connectivity index (χ4n) is 2.00. The van der Waals surface area contributed by atoms with Crippen LogP contribution in [0.3, 0.4) is 0 Å². The summed E-state index contributed by atoms with van der Waals surface area (Å²) in [5.41, 5.74) is 1.21. The Hall–Kier alpha value is -1.46. The number of hydrogen-bond donors (Lipinski definition) is 0. The molecule has 20 heavy (non-hydrogen) atoms. The minimum atomic E-state index is -0.334. The van der Waals surface area contributed by atoms with Crippen LogP contribution in [0.4, 0.5) is 0 Å². The summed E-state index contributed by atoms with van der Waals surface area (Å²) >= 11 is 4.98. The molecular weight excluding hydrogens is 340 g/mol. The second kappa shape index (κ2) is 5.50. The summed E-state index contributed by atoms with van der Waals surface area (Å²) in [5, 5.41) is 0. The second-order valence-corrected chi connectivity index (χ2v) is 6.20. The molecule has 0 bridgehead atoms.